The molecule has 0 amide bonds. The molecule has 2 nitrogen and oxygen atoms in total. The molecule has 1 fully saturated rings. The maximum Gasteiger partial charge on any atom is 0.0342 e. The molecule has 1 aliphatic heterocycles. The van der Waals surface area contributed by atoms with Gasteiger partial charge in [0.05, 0.1) is 0 Å². The molecule has 0 saturated carbocycles. The molecule has 1 unspecified atom stereocenters. The van der Waals surface area contributed by atoms with Gasteiger partial charge < -0.3 is 4.90 Å². The van der Waals surface area contributed by atoms with E-state index in [0.29, 0.717) is 6.04 Å². The van der Waals surface area contributed by atoms with Gasteiger partial charge in [-0.25, -0.2) is 0 Å². The second kappa shape index (κ2) is 6.32. The molecule has 0 radical (unpaired) electrons. The van der Waals surface area contributed by atoms with Crippen molar-refractivity contribution in [2.45, 2.75) is 32.4 Å². The van der Waals surface area contributed by atoms with Crippen molar-refractivity contribution in [1.82, 2.24) is 9.80 Å². The monoisotopic (exact) mass is 316 g/mol. The van der Waals surface area contributed by atoms with Crippen LogP contribution in [0.1, 0.15) is 24.6 Å². The fourth-order valence-electron chi connectivity index (χ4n) is 2.51. The molecule has 0 bridgehead atoms. The summed E-state index contributed by atoms with van der Waals surface area (Å²) in [5, 5.41) is 2.17. The number of hydrogen-bond acceptors (Lipinski definition) is 3. The van der Waals surface area contributed by atoms with E-state index in [4.69, 9.17) is 0 Å². The van der Waals surface area contributed by atoms with Crippen LogP contribution in [0.4, 0.5) is 0 Å². The van der Waals surface area contributed by atoms with Crippen molar-refractivity contribution in [2.24, 2.45) is 0 Å². The fourth-order valence-corrected chi connectivity index (χ4v) is 4.01. The van der Waals surface area contributed by atoms with Crippen LogP contribution in [0, 0.1) is 0 Å². The standard InChI is InChI=1S/C13H21BrN2S/c1-3-11-9-15(2)6-4-7-16(11)10-13-12(14)5-8-17-13/h5,8,11H,3-4,6-7,9-10H2,1-2H3. The molecule has 0 aromatic carbocycles. The Bertz CT molecular complexity index is 353. The Kier molecular flexibility index (Phi) is 5.03. The number of thiophene rings is 1. The van der Waals surface area contributed by atoms with E-state index in [9.17, 15) is 0 Å². The third kappa shape index (κ3) is 3.53. The van der Waals surface area contributed by atoms with Crippen LogP contribution in [-0.2, 0) is 6.54 Å². The molecule has 17 heavy (non-hydrogen) atoms. The summed E-state index contributed by atoms with van der Waals surface area (Å²) in [4.78, 5) is 6.59. The van der Waals surface area contributed by atoms with Crippen molar-refractivity contribution in [3.8, 4) is 0 Å². The van der Waals surface area contributed by atoms with E-state index in [2.05, 4.69) is 51.1 Å². The predicted molar refractivity (Wildman–Crippen MR) is 78.6 cm³/mol. The quantitative estimate of drug-likeness (QED) is 0.843. The van der Waals surface area contributed by atoms with Crippen LogP contribution < -0.4 is 0 Å². The van der Waals surface area contributed by atoms with Gasteiger partial charge in [0.2, 0.25) is 0 Å². The molecule has 96 valence electrons. The second-order valence-corrected chi connectivity index (χ2v) is 6.70. The lowest BCUT2D eigenvalue weighted by Gasteiger charge is -2.29. The van der Waals surface area contributed by atoms with Crippen LogP contribution in [0.5, 0.6) is 0 Å². The average Bonchev–Trinajstić information content (AvgIpc) is 2.61. The summed E-state index contributed by atoms with van der Waals surface area (Å²) in [5.41, 5.74) is 0. The number of hydrogen-bond donors (Lipinski definition) is 0. The zero-order chi connectivity index (χ0) is 12.3. The van der Waals surface area contributed by atoms with Crippen molar-refractivity contribution >= 4 is 27.3 Å². The predicted octanol–water partition coefficient (Wildman–Crippen LogP) is 3.43. The van der Waals surface area contributed by atoms with Gasteiger partial charge in [-0.1, -0.05) is 6.92 Å². The summed E-state index contributed by atoms with van der Waals surface area (Å²) in [5.74, 6) is 0. The molecular weight excluding hydrogens is 296 g/mol. The van der Waals surface area contributed by atoms with Crippen molar-refractivity contribution in [3.05, 3.63) is 20.8 Å². The lowest BCUT2D eigenvalue weighted by molar-refractivity contribution is 0.177. The van der Waals surface area contributed by atoms with Crippen LogP contribution in [0.25, 0.3) is 0 Å². The van der Waals surface area contributed by atoms with Gasteiger partial charge in [-0.05, 0) is 53.8 Å². The SMILES string of the molecule is CCC1CN(C)CCCN1Cc1sccc1Br. The first kappa shape index (κ1) is 13.5. The number of rotatable bonds is 3. The maximum absolute atomic E-state index is 3.64. The molecule has 2 rings (SSSR count). The largest absolute Gasteiger partial charge is 0.305 e. The first-order valence-corrected chi connectivity index (χ1v) is 8.02. The summed E-state index contributed by atoms with van der Waals surface area (Å²) in [6.07, 6.45) is 2.53. The minimum Gasteiger partial charge on any atom is -0.305 e. The van der Waals surface area contributed by atoms with E-state index in [1.165, 1.54) is 41.8 Å². The Labute approximate surface area is 117 Å². The molecule has 1 aromatic heterocycles. The average molecular weight is 317 g/mol. The zero-order valence-electron chi connectivity index (χ0n) is 10.7. The topological polar surface area (TPSA) is 6.48 Å². The minimum atomic E-state index is 0.705. The van der Waals surface area contributed by atoms with Crippen molar-refractivity contribution in [3.63, 3.8) is 0 Å². The summed E-state index contributed by atoms with van der Waals surface area (Å²) < 4.78 is 1.27. The molecule has 0 N–H and O–H groups in total. The third-order valence-electron chi connectivity index (χ3n) is 3.53. The van der Waals surface area contributed by atoms with E-state index < -0.39 is 0 Å². The Morgan fingerprint density at radius 3 is 2.94 bits per heavy atom. The number of likely N-dealkylation sites (N-methyl/N-ethyl adjacent to an activating group) is 1. The van der Waals surface area contributed by atoms with Crippen molar-refractivity contribution in [1.29, 1.82) is 0 Å². The van der Waals surface area contributed by atoms with Crippen LogP contribution in [-0.4, -0.2) is 42.5 Å². The van der Waals surface area contributed by atoms with Gasteiger partial charge in [-0.15, -0.1) is 11.3 Å². The highest BCUT2D eigenvalue weighted by Gasteiger charge is 2.22. The molecular formula is C13H21BrN2S. The molecule has 0 spiro atoms. The fraction of sp³-hybridized carbons (Fsp3) is 0.692. The second-order valence-electron chi connectivity index (χ2n) is 4.84. The van der Waals surface area contributed by atoms with Crippen LogP contribution >= 0.6 is 27.3 Å². The van der Waals surface area contributed by atoms with Gasteiger partial charge in [0.1, 0.15) is 0 Å². The van der Waals surface area contributed by atoms with Crippen molar-refractivity contribution < 1.29 is 0 Å². The third-order valence-corrected chi connectivity index (χ3v) is 5.44. The smallest absolute Gasteiger partial charge is 0.0342 e. The number of nitrogens with zero attached hydrogens (tertiary/aromatic N) is 2. The van der Waals surface area contributed by atoms with Gasteiger partial charge in [-0.2, -0.15) is 0 Å². The summed E-state index contributed by atoms with van der Waals surface area (Å²) >= 11 is 5.50. The molecule has 4 heteroatoms. The Balaban J connectivity index is 2.04. The first-order valence-electron chi connectivity index (χ1n) is 6.35. The van der Waals surface area contributed by atoms with Crippen LogP contribution in [0.15, 0.2) is 15.9 Å². The van der Waals surface area contributed by atoms with E-state index in [1.54, 1.807) is 0 Å². The Morgan fingerprint density at radius 1 is 1.47 bits per heavy atom. The highest BCUT2D eigenvalue weighted by atomic mass is 79.9. The lowest BCUT2D eigenvalue weighted by atomic mass is 10.2. The van der Waals surface area contributed by atoms with Gasteiger partial charge >= 0.3 is 0 Å². The van der Waals surface area contributed by atoms with Crippen LogP contribution in [0.2, 0.25) is 0 Å². The summed E-state index contributed by atoms with van der Waals surface area (Å²) in [6.45, 7) is 7.08. The van der Waals surface area contributed by atoms with E-state index in [0.717, 1.165) is 6.54 Å². The lowest BCUT2D eigenvalue weighted by Crippen LogP contribution is -2.39. The van der Waals surface area contributed by atoms with Crippen LogP contribution in [0.3, 0.4) is 0 Å². The molecule has 1 aliphatic rings. The highest BCUT2D eigenvalue weighted by Crippen LogP contribution is 2.26. The Hall–Kier alpha value is 0.100. The molecule has 0 aliphatic carbocycles. The van der Waals surface area contributed by atoms with Gasteiger partial charge in [0.15, 0.2) is 0 Å². The first-order chi connectivity index (χ1) is 8.20. The van der Waals surface area contributed by atoms with Gasteiger partial charge in [0, 0.05) is 35.0 Å². The van der Waals surface area contributed by atoms with Gasteiger partial charge in [0.25, 0.3) is 0 Å². The van der Waals surface area contributed by atoms with E-state index >= 15 is 0 Å². The van der Waals surface area contributed by atoms with Gasteiger partial charge in [-0.3, -0.25) is 4.90 Å². The van der Waals surface area contributed by atoms with E-state index in [-0.39, 0.29) is 0 Å². The zero-order valence-corrected chi connectivity index (χ0v) is 13.1. The Morgan fingerprint density at radius 2 is 2.29 bits per heavy atom. The maximum atomic E-state index is 3.64. The van der Waals surface area contributed by atoms with E-state index in [1.807, 2.05) is 11.3 Å². The van der Waals surface area contributed by atoms with Crippen molar-refractivity contribution in [2.75, 3.05) is 26.7 Å². The molecule has 1 aromatic rings. The minimum absolute atomic E-state index is 0.705. The molecule has 2 heterocycles. The summed E-state index contributed by atoms with van der Waals surface area (Å²) in [6, 6.07) is 2.86. The normalized spacial score (nSPS) is 23.8. The molecule has 1 atom stereocenters. The highest BCUT2D eigenvalue weighted by molar-refractivity contribution is 9.10. The number of halogens is 1. The molecule has 1 saturated heterocycles. The summed E-state index contributed by atoms with van der Waals surface area (Å²) in [7, 11) is 2.24.